The van der Waals surface area contributed by atoms with Crippen LogP contribution in [-0.2, 0) is 72.6 Å². The summed E-state index contributed by atoms with van der Waals surface area (Å²) in [7, 11) is -33.9. The normalized spacial score (nSPS) is 25.9. The van der Waals surface area contributed by atoms with Gasteiger partial charge in [0.15, 0.2) is 0 Å². The molecule has 46 heteroatoms. The third-order valence-corrected chi connectivity index (χ3v) is 15.4. The minimum absolute atomic E-state index is 0.0896. The monoisotopic (exact) mass is 1120 g/mol. The number of phosphoric ester groups is 2. The maximum absolute atomic E-state index is 14.4. The van der Waals surface area contributed by atoms with Crippen molar-refractivity contribution < 1.29 is 121 Å². The number of hydrogen-bond donors (Lipinski definition) is 10. The van der Waals surface area contributed by atoms with Crippen molar-refractivity contribution in [3.05, 3.63) is 76.2 Å². The second kappa shape index (κ2) is 22.9. The van der Waals surface area contributed by atoms with E-state index in [0.717, 1.165) is 29.2 Å². The highest BCUT2D eigenvalue weighted by atomic mass is 31.3. The minimum Gasteiger partial charge on any atom is -0.383 e. The summed E-state index contributed by atoms with van der Waals surface area (Å²) >= 11 is 0. The van der Waals surface area contributed by atoms with E-state index in [1.807, 2.05) is 4.98 Å². The van der Waals surface area contributed by atoms with E-state index < -0.39 is 126 Å². The Morgan fingerprint density at radius 1 is 0.768 bits per heavy atom. The summed E-state index contributed by atoms with van der Waals surface area (Å²) in [6, 6.07) is 1.24. The zero-order valence-corrected chi connectivity index (χ0v) is 39.8. The third-order valence-electron chi connectivity index (χ3n) is 7.79. The number of alkyl halides is 2. The largest absolute Gasteiger partial charge is 0.490 e. The summed E-state index contributed by atoms with van der Waals surface area (Å²) in [4.78, 5) is 118. The first-order valence-electron chi connectivity index (χ1n) is 17.7. The number of aromatic nitrogens is 4. The Kier molecular flexibility index (Phi) is 19.9. The van der Waals surface area contributed by atoms with Crippen molar-refractivity contribution in [3.63, 3.8) is 0 Å². The van der Waals surface area contributed by atoms with E-state index >= 15 is 0 Å². The van der Waals surface area contributed by atoms with Crippen LogP contribution in [0.1, 0.15) is 44.7 Å². The zero-order chi connectivity index (χ0) is 52.8. The van der Waals surface area contributed by atoms with Gasteiger partial charge in [0, 0.05) is 54.5 Å². The fourth-order valence-electron chi connectivity index (χ4n) is 5.44. The molecule has 38 nitrogen and oxygen atoms in total. The molecular formula is C23H37F2N11O27P6. The lowest BCUT2D eigenvalue weighted by atomic mass is 10.2. The van der Waals surface area contributed by atoms with Crippen molar-refractivity contribution in [2.24, 2.45) is 10.2 Å². The van der Waals surface area contributed by atoms with Gasteiger partial charge in [-0.05, 0) is 34.3 Å². The van der Waals surface area contributed by atoms with E-state index in [2.05, 4.69) is 51.3 Å². The number of aryl methyl sites for hydroxylation is 1. The average molecular weight is 1120 g/mol. The Hall–Kier alpha value is -3.50. The molecule has 0 saturated carbocycles. The van der Waals surface area contributed by atoms with Crippen molar-refractivity contribution in [1.82, 2.24) is 19.1 Å². The maximum atomic E-state index is 14.4. The summed E-state index contributed by atoms with van der Waals surface area (Å²) in [5, 5.41) is 5.56. The van der Waals surface area contributed by atoms with Gasteiger partial charge < -0.3 is 63.8 Å². The summed E-state index contributed by atoms with van der Waals surface area (Å²) < 4.78 is 143. The molecule has 4 heterocycles. The van der Waals surface area contributed by atoms with Gasteiger partial charge in [0.1, 0.15) is 30.5 Å². The van der Waals surface area contributed by atoms with Crippen molar-refractivity contribution in [1.29, 1.82) is 0 Å². The number of halogens is 2. The highest BCUT2D eigenvalue weighted by molar-refractivity contribution is 7.67. The SMILES string of the molecule is C[C@@](F)(N=[N+]=[N-])OC1C[C@H](n2ccc(N)nc2=O)O[C@@H]1COP(=O)(O)OP(=O)(O)OP(=O)(O)O.Cc1cn([C@H]2CC(O[C@](C)(F)N=[N+]=[N-])[C@@H](COP(=O)(O)OP(=O)(O)OP(=O)(O)O)O2)c(=O)[nH]c1=O. The van der Waals surface area contributed by atoms with Gasteiger partial charge in [0.25, 0.3) is 17.5 Å². The first-order valence-corrected chi connectivity index (χ1v) is 26.7. The Labute approximate surface area is 379 Å². The Morgan fingerprint density at radius 2 is 1.17 bits per heavy atom. The molecule has 0 bridgehead atoms. The van der Waals surface area contributed by atoms with Gasteiger partial charge in [0.2, 0.25) is 0 Å². The molecular weight excluding hydrogens is 1090 g/mol. The number of nitrogen functional groups attached to an aromatic ring is 1. The minimum atomic E-state index is -5.80. The second-order valence-corrected chi connectivity index (χ2v) is 22.3. The second-order valence-electron chi connectivity index (χ2n) is 13.5. The van der Waals surface area contributed by atoms with Crippen LogP contribution in [0.25, 0.3) is 20.9 Å². The summed E-state index contributed by atoms with van der Waals surface area (Å²) in [5.74, 6) is -6.01. The molecule has 2 aromatic heterocycles. The molecule has 0 aromatic carbocycles. The first-order chi connectivity index (χ1) is 31.2. The summed E-state index contributed by atoms with van der Waals surface area (Å²) in [6.45, 7) is 0.750. The smallest absolute Gasteiger partial charge is 0.383 e. The number of H-pyrrole nitrogens is 1. The van der Waals surface area contributed by atoms with Gasteiger partial charge >= 0.3 is 58.3 Å². The van der Waals surface area contributed by atoms with Crippen LogP contribution < -0.4 is 22.7 Å². The Morgan fingerprint density at radius 3 is 1.55 bits per heavy atom. The quantitative estimate of drug-likeness (QED) is 0.0263. The fourth-order valence-corrected chi connectivity index (χ4v) is 11.5. The predicted octanol–water partition coefficient (Wildman–Crippen LogP) is 1.61. The molecule has 0 radical (unpaired) electrons. The van der Waals surface area contributed by atoms with Crippen LogP contribution >= 0.6 is 46.9 Å². The molecule has 4 rings (SSSR count). The standard InChI is InChI=1S/C12H19FN5O14P3.C11H18FN6O13P3/c1-6-4-18(11(20)15-10(6)19)9-3-7(30-12(2,13)16-17-14)8(29-9)5-28-34(24,25)32-35(26,27)31-33(21,22)23;1-11(12,16-17-14)29-6-4-9(18-3-2-8(13)15-10(18)19)28-7(6)5-27-33(23,24)31-34(25,26)30-32(20,21)22/h4,7-9H,3,5H2,1-2H3,(H,24,25)(H,26,27)(H,15,19,20)(H2,21,22,23);2-3,6-7,9H,4-5H2,1H3,(H,23,24)(H,25,26)(H2,13,15,19)(H2,20,21,22)/t7?,8-,9-,12-;6?,7-,9-,11-/m11/s1. The molecule has 11 N–H and O–H groups in total. The fraction of sp³-hybridized carbons (Fsp3) is 0.652. The molecule has 0 aliphatic carbocycles. The molecule has 0 amide bonds. The maximum Gasteiger partial charge on any atom is 0.490 e. The molecule has 390 valence electrons. The van der Waals surface area contributed by atoms with Gasteiger partial charge in [-0.1, -0.05) is 0 Å². The van der Waals surface area contributed by atoms with E-state index in [1.165, 1.54) is 19.2 Å². The molecule has 2 aliphatic heterocycles. The van der Waals surface area contributed by atoms with Crippen LogP contribution in [0, 0.1) is 6.92 Å². The van der Waals surface area contributed by atoms with Gasteiger partial charge in [-0.15, -0.1) is 0 Å². The Balaban J connectivity index is 0.000000365. The van der Waals surface area contributed by atoms with Crippen LogP contribution in [-0.4, -0.2) is 108 Å². The highest BCUT2D eigenvalue weighted by Crippen LogP contribution is 2.67. The molecule has 12 atom stereocenters. The molecule has 2 aromatic rings. The van der Waals surface area contributed by atoms with Crippen molar-refractivity contribution in [2.45, 2.75) is 82.4 Å². The highest BCUT2D eigenvalue weighted by Gasteiger charge is 2.47. The number of anilines is 1. The van der Waals surface area contributed by atoms with Crippen molar-refractivity contribution in [2.75, 3.05) is 18.9 Å². The van der Waals surface area contributed by atoms with Crippen LogP contribution in [0.5, 0.6) is 0 Å². The number of ether oxygens (including phenoxy) is 4. The molecule has 0 spiro atoms. The average Bonchev–Trinajstić information content (AvgIpc) is 3.70. The third kappa shape index (κ3) is 20.3. The van der Waals surface area contributed by atoms with Crippen LogP contribution in [0.4, 0.5) is 14.6 Å². The number of azide groups is 2. The van der Waals surface area contributed by atoms with E-state index in [0.29, 0.717) is 0 Å². The molecule has 2 aliphatic rings. The van der Waals surface area contributed by atoms with E-state index in [9.17, 15) is 70.1 Å². The number of nitrogens with zero attached hydrogens (tertiary/aromatic N) is 9. The summed E-state index contributed by atoms with van der Waals surface area (Å²) in [6.07, 6.45) is -6.69. The predicted molar refractivity (Wildman–Crippen MR) is 213 cm³/mol. The molecule has 6 unspecified atom stereocenters. The number of nitrogens with two attached hydrogens (primary N) is 1. The molecule has 2 saturated heterocycles. The number of hydrogen-bond acceptors (Lipinski definition) is 23. The van der Waals surface area contributed by atoms with Gasteiger partial charge in [-0.2, -0.15) is 22.2 Å². The number of rotatable bonds is 22. The van der Waals surface area contributed by atoms with E-state index in [1.54, 1.807) is 0 Å². The van der Waals surface area contributed by atoms with Gasteiger partial charge in [-0.3, -0.25) is 28.0 Å². The van der Waals surface area contributed by atoms with Crippen LogP contribution in [0.15, 0.2) is 43.1 Å². The summed E-state index contributed by atoms with van der Waals surface area (Å²) in [5.41, 5.74) is 19.9. The topological polar surface area (TPSA) is 570 Å². The van der Waals surface area contributed by atoms with E-state index in [-0.39, 0.29) is 24.2 Å². The van der Waals surface area contributed by atoms with Gasteiger partial charge in [-0.25, -0.2) is 45.8 Å². The first kappa shape index (κ1) is 59.8. The number of aromatic amines is 1. The Bertz CT molecular complexity index is 2770. The van der Waals surface area contributed by atoms with Crippen LogP contribution in [0.2, 0.25) is 0 Å². The number of phosphoric acid groups is 6. The van der Waals surface area contributed by atoms with Crippen molar-refractivity contribution in [3.8, 4) is 0 Å². The lowest BCUT2D eigenvalue weighted by Crippen LogP contribution is -2.35. The van der Waals surface area contributed by atoms with Crippen molar-refractivity contribution >= 4 is 52.8 Å². The number of nitrogens with one attached hydrogen (secondary N) is 1. The van der Waals surface area contributed by atoms with Gasteiger partial charge in [0.05, 0.1) is 25.4 Å². The lowest BCUT2D eigenvalue weighted by molar-refractivity contribution is -0.179. The van der Waals surface area contributed by atoms with E-state index in [4.69, 9.17) is 55.3 Å². The zero-order valence-electron chi connectivity index (χ0n) is 34.4. The molecule has 69 heavy (non-hydrogen) atoms. The molecule has 2 fully saturated rings. The van der Waals surface area contributed by atoms with Crippen LogP contribution in [0.3, 0.4) is 0 Å². The lowest BCUT2D eigenvalue weighted by Gasteiger charge is -2.24.